The lowest BCUT2D eigenvalue weighted by atomic mass is 9.95. The molecule has 1 saturated carbocycles. The van der Waals surface area contributed by atoms with Crippen LogP contribution >= 0.6 is 0 Å². The van der Waals surface area contributed by atoms with Crippen LogP contribution in [0.2, 0.25) is 0 Å². The average Bonchev–Trinajstić information content (AvgIpc) is 2.25. The number of rotatable bonds is 4. The van der Waals surface area contributed by atoms with Gasteiger partial charge in [-0.3, -0.25) is 0 Å². The fourth-order valence-corrected chi connectivity index (χ4v) is 4.00. The van der Waals surface area contributed by atoms with Gasteiger partial charge in [-0.25, -0.2) is 8.42 Å². The minimum atomic E-state index is -3.25. The first-order valence-electron chi connectivity index (χ1n) is 6.52. The minimum absolute atomic E-state index is 0.163. The predicted octanol–water partition coefficient (Wildman–Crippen LogP) is 1.71. The monoisotopic (exact) mass is 262 g/mol. The highest BCUT2D eigenvalue weighted by molar-refractivity contribution is 7.90. The SMILES string of the molecule is CC(C)(C)S(=O)(=O)N(CCN)C1CCCCC1. The van der Waals surface area contributed by atoms with Crippen molar-refractivity contribution in [1.82, 2.24) is 4.31 Å². The summed E-state index contributed by atoms with van der Waals surface area (Å²) in [5.74, 6) is 0. The molecule has 1 aliphatic rings. The zero-order valence-electron chi connectivity index (χ0n) is 11.3. The summed E-state index contributed by atoms with van der Waals surface area (Å²) in [6.45, 7) is 6.12. The quantitative estimate of drug-likeness (QED) is 0.839. The van der Waals surface area contributed by atoms with E-state index in [-0.39, 0.29) is 6.04 Å². The molecule has 4 nitrogen and oxygen atoms in total. The second-order valence-corrected chi connectivity index (χ2v) is 8.45. The Morgan fingerprint density at radius 3 is 2.12 bits per heavy atom. The van der Waals surface area contributed by atoms with Gasteiger partial charge in [0.1, 0.15) is 0 Å². The van der Waals surface area contributed by atoms with E-state index >= 15 is 0 Å². The van der Waals surface area contributed by atoms with Crippen molar-refractivity contribution in [2.45, 2.75) is 63.7 Å². The van der Waals surface area contributed by atoms with Crippen LogP contribution in [0.4, 0.5) is 0 Å². The summed E-state index contributed by atoms with van der Waals surface area (Å²) in [5.41, 5.74) is 5.57. The Bertz CT molecular complexity index is 327. The standard InChI is InChI=1S/C12H26N2O2S/c1-12(2,3)17(15,16)14(10-9-13)11-7-5-4-6-8-11/h11H,4-10,13H2,1-3H3. The molecule has 0 aromatic carbocycles. The molecule has 0 aromatic rings. The van der Waals surface area contributed by atoms with Crippen molar-refractivity contribution in [3.05, 3.63) is 0 Å². The lowest BCUT2D eigenvalue weighted by Crippen LogP contribution is -2.50. The van der Waals surface area contributed by atoms with E-state index in [0.29, 0.717) is 13.1 Å². The van der Waals surface area contributed by atoms with Gasteiger partial charge in [-0.1, -0.05) is 19.3 Å². The van der Waals surface area contributed by atoms with Gasteiger partial charge in [0.05, 0.1) is 4.75 Å². The molecule has 0 aromatic heterocycles. The largest absolute Gasteiger partial charge is 0.329 e. The fraction of sp³-hybridized carbons (Fsp3) is 1.00. The van der Waals surface area contributed by atoms with E-state index in [9.17, 15) is 8.42 Å². The third-order valence-electron chi connectivity index (χ3n) is 3.41. The summed E-state index contributed by atoms with van der Waals surface area (Å²) in [5, 5.41) is 0. The summed E-state index contributed by atoms with van der Waals surface area (Å²) >= 11 is 0. The molecule has 1 aliphatic carbocycles. The van der Waals surface area contributed by atoms with Gasteiger partial charge >= 0.3 is 0 Å². The summed E-state index contributed by atoms with van der Waals surface area (Å²) in [7, 11) is -3.25. The highest BCUT2D eigenvalue weighted by Gasteiger charge is 2.38. The molecule has 17 heavy (non-hydrogen) atoms. The molecule has 0 atom stereocenters. The summed E-state index contributed by atoms with van der Waals surface area (Å²) in [4.78, 5) is 0. The lowest BCUT2D eigenvalue weighted by Gasteiger charge is -2.37. The molecule has 2 N–H and O–H groups in total. The van der Waals surface area contributed by atoms with Gasteiger partial charge in [-0.05, 0) is 33.6 Å². The number of nitrogens with zero attached hydrogens (tertiary/aromatic N) is 1. The van der Waals surface area contributed by atoms with Crippen LogP contribution in [0.25, 0.3) is 0 Å². The van der Waals surface area contributed by atoms with Crippen molar-refractivity contribution in [3.8, 4) is 0 Å². The lowest BCUT2D eigenvalue weighted by molar-refractivity contribution is 0.252. The normalized spacial score (nSPS) is 19.8. The van der Waals surface area contributed by atoms with Crippen LogP contribution in [-0.4, -0.2) is 36.6 Å². The second-order valence-electron chi connectivity index (χ2n) is 5.81. The van der Waals surface area contributed by atoms with Gasteiger partial charge in [0.2, 0.25) is 10.0 Å². The number of hydrogen-bond donors (Lipinski definition) is 1. The van der Waals surface area contributed by atoms with Gasteiger partial charge in [0, 0.05) is 19.1 Å². The maximum Gasteiger partial charge on any atom is 0.219 e. The predicted molar refractivity (Wildman–Crippen MR) is 71.3 cm³/mol. The molecule has 0 saturated heterocycles. The van der Waals surface area contributed by atoms with E-state index < -0.39 is 14.8 Å². The van der Waals surface area contributed by atoms with Crippen molar-refractivity contribution in [2.24, 2.45) is 5.73 Å². The first-order valence-corrected chi connectivity index (χ1v) is 7.96. The number of sulfonamides is 1. The van der Waals surface area contributed by atoms with Crippen LogP contribution in [0.5, 0.6) is 0 Å². The molecule has 0 spiro atoms. The summed E-state index contributed by atoms with van der Waals surface area (Å²) in [6.07, 6.45) is 5.45. The van der Waals surface area contributed by atoms with E-state index in [0.717, 1.165) is 25.7 Å². The smallest absolute Gasteiger partial charge is 0.219 e. The molecule has 0 bridgehead atoms. The Hall–Kier alpha value is -0.130. The first kappa shape index (κ1) is 14.9. The average molecular weight is 262 g/mol. The zero-order chi connectivity index (χ0) is 13.1. The Morgan fingerprint density at radius 2 is 1.71 bits per heavy atom. The van der Waals surface area contributed by atoms with E-state index in [1.807, 2.05) is 0 Å². The van der Waals surface area contributed by atoms with E-state index in [2.05, 4.69) is 0 Å². The first-order chi connectivity index (χ1) is 7.80. The van der Waals surface area contributed by atoms with E-state index in [1.54, 1.807) is 25.1 Å². The Morgan fingerprint density at radius 1 is 1.18 bits per heavy atom. The third kappa shape index (κ3) is 3.42. The van der Waals surface area contributed by atoms with Gasteiger partial charge in [-0.2, -0.15) is 4.31 Å². The van der Waals surface area contributed by atoms with Crippen LogP contribution in [0.3, 0.4) is 0 Å². The van der Waals surface area contributed by atoms with Gasteiger partial charge in [-0.15, -0.1) is 0 Å². The van der Waals surface area contributed by atoms with Crippen LogP contribution in [0.15, 0.2) is 0 Å². The highest BCUT2D eigenvalue weighted by Crippen LogP contribution is 2.29. The molecule has 1 fully saturated rings. The molecule has 1 rings (SSSR count). The fourth-order valence-electron chi connectivity index (χ4n) is 2.35. The molecular formula is C12H26N2O2S. The molecule has 0 heterocycles. The van der Waals surface area contributed by atoms with Crippen LogP contribution in [-0.2, 0) is 10.0 Å². The molecular weight excluding hydrogens is 236 g/mol. The van der Waals surface area contributed by atoms with Crippen molar-refractivity contribution < 1.29 is 8.42 Å². The highest BCUT2D eigenvalue weighted by atomic mass is 32.2. The molecule has 5 heteroatoms. The van der Waals surface area contributed by atoms with Crippen LogP contribution in [0, 0.1) is 0 Å². The van der Waals surface area contributed by atoms with Gasteiger partial charge in [0.25, 0.3) is 0 Å². The minimum Gasteiger partial charge on any atom is -0.329 e. The van der Waals surface area contributed by atoms with Crippen molar-refractivity contribution in [3.63, 3.8) is 0 Å². The van der Waals surface area contributed by atoms with Crippen LogP contribution < -0.4 is 5.73 Å². The van der Waals surface area contributed by atoms with Crippen molar-refractivity contribution in [1.29, 1.82) is 0 Å². The molecule has 102 valence electrons. The maximum atomic E-state index is 12.5. The van der Waals surface area contributed by atoms with Crippen molar-refractivity contribution in [2.75, 3.05) is 13.1 Å². The molecule has 0 amide bonds. The molecule has 0 unspecified atom stereocenters. The summed E-state index contributed by atoms with van der Waals surface area (Å²) in [6, 6.07) is 0.163. The maximum absolute atomic E-state index is 12.5. The van der Waals surface area contributed by atoms with Gasteiger partial charge < -0.3 is 5.73 Å². The van der Waals surface area contributed by atoms with Crippen molar-refractivity contribution >= 4 is 10.0 Å². The summed E-state index contributed by atoms with van der Waals surface area (Å²) < 4.78 is 25.9. The Labute approximate surface area is 106 Å². The molecule has 0 aliphatic heterocycles. The topological polar surface area (TPSA) is 63.4 Å². The third-order valence-corrected chi connectivity index (χ3v) is 6.06. The van der Waals surface area contributed by atoms with E-state index in [4.69, 9.17) is 5.73 Å². The number of nitrogens with two attached hydrogens (primary N) is 1. The number of hydrogen-bond acceptors (Lipinski definition) is 3. The zero-order valence-corrected chi connectivity index (χ0v) is 12.1. The molecule has 0 radical (unpaired) electrons. The second kappa shape index (κ2) is 5.67. The van der Waals surface area contributed by atoms with Gasteiger partial charge in [0.15, 0.2) is 0 Å². The Kier molecular flexibility index (Phi) is 4.98. The Balaban J connectivity index is 2.92. The van der Waals surface area contributed by atoms with E-state index in [1.165, 1.54) is 6.42 Å². The van der Waals surface area contributed by atoms with Crippen LogP contribution in [0.1, 0.15) is 52.9 Å².